The Morgan fingerprint density at radius 1 is 1.25 bits per heavy atom. The Morgan fingerprint density at radius 2 is 1.85 bits per heavy atom. The topological polar surface area (TPSA) is 49.3 Å². The normalized spacial score (nSPS) is 12.7. The van der Waals surface area contributed by atoms with Gasteiger partial charge in [-0.05, 0) is 18.9 Å². The molecule has 1 aromatic rings. The van der Waals surface area contributed by atoms with Crippen LogP contribution in [0.4, 0.5) is 0 Å². The summed E-state index contributed by atoms with van der Waals surface area (Å²) in [6.07, 6.45) is 2.76. The third-order valence-electron chi connectivity index (χ3n) is 3.23. The van der Waals surface area contributed by atoms with E-state index in [1.165, 1.54) is 5.56 Å². The maximum atomic E-state index is 11.1. The molecule has 1 unspecified atom stereocenters. The summed E-state index contributed by atoms with van der Waals surface area (Å²) in [5, 5.41) is 12.5. The first-order chi connectivity index (χ1) is 8.65. The van der Waals surface area contributed by atoms with Crippen LogP contribution in [0.2, 0.25) is 0 Å². The molecule has 3 nitrogen and oxygen atoms in total. The summed E-state index contributed by atoms with van der Waals surface area (Å²) in [6.45, 7) is 4.68. The van der Waals surface area contributed by atoms with Crippen molar-refractivity contribution in [3.63, 3.8) is 0 Å². The second-order valence-corrected chi connectivity index (χ2v) is 4.72. The minimum atomic E-state index is -0.698. The van der Waals surface area contributed by atoms with Crippen LogP contribution in [-0.4, -0.2) is 17.6 Å². The summed E-state index contributed by atoms with van der Waals surface area (Å²) < 4.78 is 0. The van der Waals surface area contributed by atoms with E-state index in [9.17, 15) is 4.79 Å². The van der Waals surface area contributed by atoms with Crippen molar-refractivity contribution in [3.8, 4) is 0 Å². The van der Waals surface area contributed by atoms with E-state index < -0.39 is 5.97 Å². The molecule has 0 fully saturated rings. The molecule has 0 aromatic heterocycles. The number of unbranched alkanes of at least 4 members (excludes halogenated alkanes) is 1. The molecule has 5 heteroatoms. The maximum absolute atomic E-state index is 11.1. The van der Waals surface area contributed by atoms with Crippen LogP contribution in [0.15, 0.2) is 30.3 Å². The fourth-order valence-corrected chi connectivity index (χ4v) is 1.94. The van der Waals surface area contributed by atoms with Crippen LogP contribution in [0, 0.1) is 5.92 Å². The number of halogens is 2. The third-order valence-corrected chi connectivity index (χ3v) is 3.23. The Bertz CT molecular complexity index is 360. The zero-order valence-corrected chi connectivity index (χ0v) is 13.7. The van der Waals surface area contributed by atoms with Crippen LogP contribution in [0.25, 0.3) is 0 Å². The van der Waals surface area contributed by atoms with E-state index in [4.69, 9.17) is 5.11 Å². The summed E-state index contributed by atoms with van der Waals surface area (Å²) in [5.41, 5.74) is 1.19. The van der Waals surface area contributed by atoms with Gasteiger partial charge in [0.25, 0.3) is 0 Å². The predicted molar refractivity (Wildman–Crippen MR) is 88.0 cm³/mol. The van der Waals surface area contributed by atoms with Gasteiger partial charge in [0.2, 0.25) is 0 Å². The highest BCUT2D eigenvalue weighted by atomic mass is 35.5. The van der Waals surface area contributed by atoms with E-state index in [1.54, 1.807) is 0 Å². The average Bonchev–Trinajstić information content (AvgIpc) is 2.39. The van der Waals surface area contributed by atoms with Gasteiger partial charge >= 0.3 is 5.97 Å². The fraction of sp³-hybridized carbons (Fsp3) is 0.533. The van der Waals surface area contributed by atoms with Gasteiger partial charge in [-0.15, -0.1) is 24.8 Å². The van der Waals surface area contributed by atoms with Gasteiger partial charge in [-0.1, -0.05) is 50.1 Å². The maximum Gasteiger partial charge on any atom is 0.307 e. The molecule has 0 aliphatic heterocycles. The van der Waals surface area contributed by atoms with Crippen LogP contribution in [0.1, 0.15) is 44.7 Å². The molecule has 0 aliphatic rings. The summed E-state index contributed by atoms with van der Waals surface area (Å²) in [4.78, 5) is 11.1. The molecule has 0 saturated heterocycles. The zero-order chi connectivity index (χ0) is 13.4. The third kappa shape index (κ3) is 7.73. The van der Waals surface area contributed by atoms with Gasteiger partial charge < -0.3 is 10.4 Å². The van der Waals surface area contributed by atoms with E-state index in [0.717, 1.165) is 19.3 Å². The SMILES string of the molecule is CCCCC(CN[C@@H](C)c1ccccc1)C(=O)O.Cl.Cl. The Hall–Kier alpha value is -0.770. The molecule has 1 aromatic carbocycles. The van der Waals surface area contributed by atoms with Crippen molar-refractivity contribution in [2.24, 2.45) is 5.92 Å². The second-order valence-electron chi connectivity index (χ2n) is 4.72. The Kier molecular flexibility index (Phi) is 12.9. The van der Waals surface area contributed by atoms with Crippen molar-refractivity contribution in [1.82, 2.24) is 5.32 Å². The first-order valence-corrected chi connectivity index (χ1v) is 6.66. The number of carbonyl (C=O) groups is 1. The summed E-state index contributed by atoms with van der Waals surface area (Å²) >= 11 is 0. The van der Waals surface area contributed by atoms with E-state index in [-0.39, 0.29) is 36.8 Å². The molecule has 0 saturated carbocycles. The molecule has 1 rings (SSSR count). The van der Waals surface area contributed by atoms with Crippen LogP contribution in [0.5, 0.6) is 0 Å². The molecule has 20 heavy (non-hydrogen) atoms. The minimum absolute atomic E-state index is 0. The van der Waals surface area contributed by atoms with Crippen LogP contribution < -0.4 is 5.32 Å². The quantitative estimate of drug-likeness (QED) is 0.758. The summed E-state index contributed by atoms with van der Waals surface area (Å²) in [6, 6.07) is 10.3. The predicted octanol–water partition coefficient (Wildman–Crippen LogP) is 4.07. The lowest BCUT2D eigenvalue weighted by molar-refractivity contribution is -0.141. The van der Waals surface area contributed by atoms with Gasteiger partial charge in [-0.2, -0.15) is 0 Å². The van der Waals surface area contributed by atoms with Crippen LogP contribution in [0.3, 0.4) is 0 Å². The summed E-state index contributed by atoms with van der Waals surface area (Å²) in [7, 11) is 0. The monoisotopic (exact) mass is 321 g/mol. The van der Waals surface area contributed by atoms with E-state index in [1.807, 2.05) is 18.2 Å². The lowest BCUT2D eigenvalue weighted by Crippen LogP contribution is -2.30. The highest BCUT2D eigenvalue weighted by molar-refractivity contribution is 5.85. The van der Waals surface area contributed by atoms with Crippen molar-refractivity contribution in [2.45, 2.75) is 39.2 Å². The van der Waals surface area contributed by atoms with Gasteiger partial charge in [0.05, 0.1) is 5.92 Å². The average molecular weight is 322 g/mol. The molecule has 2 atom stereocenters. The van der Waals surface area contributed by atoms with Gasteiger partial charge in [0.15, 0.2) is 0 Å². The number of hydrogen-bond acceptors (Lipinski definition) is 2. The smallest absolute Gasteiger partial charge is 0.307 e. The molecule has 0 heterocycles. The highest BCUT2D eigenvalue weighted by Crippen LogP contribution is 2.13. The minimum Gasteiger partial charge on any atom is -0.481 e. The van der Waals surface area contributed by atoms with Crippen molar-refractivity contribution >= 4 is 30.8 Å². The number of rotatable bonds is 8. The van der Waals surface area contributed by atoms with Crippen LogP contribution >= 0.6 is 24.8 Å². The number of carboxylic acids is 1. The highest BCUT2D eigenvalue weighted by Gasteiger charge is 2.17. The van der Waals surface area contributed by atoms with Crippen molar-refractivity contribution < 1.29 is 9.90 Å². The number of benzene rings is 1. The van der Waals surface area contributed by atoms with E-state index in [0.29, 0.717) is 6.54 Å². The summed E-state index contributed by atoms with van der Waals surface area (Å²) in [5.74, 6) is -0.979. The van der Waals surface area contributed by atoms with E-state index >= 15 is 0 Å². The molecule has 2 N–H and O–H groups in total. The van der Waals surface area contributed by atoms with E-state index in [2.05, 4.69) is 31.3 Å². The van der Waals surface area contributed by atoms with Gasteiger partial charge in [-0.3, -0.25) is 4.79 Å². The lowest BCUT2D eigenvalue weighted by atomic mass is 10.0. The lowest BCUT2D eigenvalue weighted by Gasteiger charge is -2.18. The van der Waals surface area contributed by atoms with Crippen molar-refractivity contribution in [1.29, 1.82) is 0 Å². The zero-order valence-electron chi connectivity index (χ0n) is 12.0. The second kappa shape index (κ2) is 12.0. The van der Waals surface area contributed by atoms with Crippen molar-refractivity contribution in [3.05, 3.63) is 35.9 Å². The largest absolute Gasteiger partial charge is 0.481 e. The van der Waals surface area contributed by atoms with Crippen molar-refractivity contribution in [2.75, 3.05) is 6.54 Å². The first kappa shape index (κ1) is 21.5. The molecule has 116 valence electrons. The molecular weight excluding hydrogens is 297 g/mol. The first-order valence-electron chi connectivity index (χ1n) is 6.66. The number of nitrogens with one attached hydrogen (secondary N) is 1. The van der Waals surface area contributed by atoms with Gasteiger partial charge in [0.1, 0.15) is 0 Å². The standard InChI is InChI=1S/C15H23NO2.2ClH/c1-3-4-8-14(15(17)18)11-16-12(2)13-9-6-5-7-10-13;;/h5-7,9-10,12,14,16H,3-4,8,11H2,1-2H3,(H,17,18);2*1H/t12-,14?;;/m0../s1. The molecule has 0 spiro atoms. The molecule has 0 amide bonds. The Labute approximate surface area is 134 Å². The molecule has 0 aliphatic carbocycles. The molecular formula is C15H25Cl2NO2. The molecule has 0 bridgehead atoms. The number of aliphatic carboxylic acids is 1. The fourth-order valence-electron chi connectivity index (χ4n) is 1.94. The Morgan fingerprint density at radius 3 is 2.35 bits per heavy atom. The Balaban J connectivity index is 0. The van der Waals surface area contributed by atoms with Crippen LogP contribution in [-0.2, 0) is 4.79 Å². The number of hydrogen-bond donors (Lipinski definition) is 2. The van der Waals surface area contributed by atoms with Gasteiger partial charge in [-0.25, -0.2) is 0 Å². The van der Waals surface area contributed by atoms with Gasteiger partial charge in [0, 0.05) is 12.6 Å². The number of carboxylic acid groups (broad SMARTS) is 1. The molecule has 0 radical (unpaired) electrons.